The minimum atomic E-state index is 0.214. The Morgan fingerprint density at radius 3 is 2.43 bits per heavy atom. The Hall–Kier alpha value is -0.470. The van der Waals surface area contributed by atoms with Crippen molar-refractivity contribution in [1.82, 2.24) is 0 Å². The van der Waals surface area contributed by atoms with E-state index in [1.807, 2.05) is 0 Å². The van der Waals surface area contributed by atoms with Crippen molar-refractivity contribution in [2.24, 2.45) is 5.73 Å². The molecule has 0 bridgehead atoms. The molecule has 0 radical (unpaired) electrons. The molecule has 0 saturated carbocycles. The van der Waals surface area contributed by atoms with Crippen LogP contribution in [0.5, 0.6) is 0 Å². The summed E-state index contributed by atoms with van der Waals surface area (Å²) in [5.41, 5.74) is 7.33. The molecule has 0 aliphatic carbocycles. The van der Waals surface area contributed by atoms with Crippen LogP contribution in [0.3, 0.4) is 0 Å². The molecule has 1 aromatic carbocycles. The van der Waals surface area contributed by atoms with Crippen LogP contribution in [0.25, 0.3) is 0 Å². The highest BCUT2D eigenvalue weighted by Crippen LogP contribution is 2.20. The molecule has 1 atom stereocenters. The number of rotatable bonds is 5. The highest BCUT2D eigenvalue weighted by atomic mass is 32.2. The first-order chi connectivity index (χ1) is 6.77. The molecule has 2 heteroatoms. The molecule has 1 aromatic rings. The Kier molecular flexibility index (Phi) is 5.05. The van der Waals surface area contributed by atoms with Crippen LogP contribution in [-0.2, 0) is 0 Å². The van der Waals surface area contributed by atoms with Crippen molar-refractivity contribution in [1.29, 1.82) is 0 Å². The van der Waals surface area contributed by atoms with Gasteiger partial charge in [-0.25, -0.2) is 0 Å². The zero-order valence-electron chi connectivity index (χ0n) is 8.99. The Labute approximate surface area is 91.1 Å². The van der Waals surface area contributed by atoms with Crippen molar-refractivity contribution in [3.05, 3.63) is 29.8 Å². The third-order valence-electron chi connectivity index (χ3n) is 2.41. The predicted molar refractivity (Wildman–Crippen MR) is 64.7 cm³/mol. The highest BCUT2D eigenvalue weighted by molar-refractivity contribution is 7.98. The van der Waals surface area contributed by atoms with Gasteiger partial charge in [-0.05, 0) is 30.4 Å². The Balaban J connectivity index is 2.57. The van der Waals surface area contributed by atoms with E-state index in [0.717, 1.165) is 6.42 Å². The van der Waals surface area contributed by atoms with Gasteiger partial charge in [-0.2, -0.15) is 0 Å². The fraction of sp³-hybridized carbons (Fsp3) is 0.500. The number of nitrogens with two attached hydrogens (primary N) is 1. The van der Waals surface area contributed by atoms with Crippen LogP contribution in [-0.4, -0.2) is 6.26 Å². The Bertz CT molecular complexity index is 256. The second-order valence-corrected chi connectivity index (χ2v) is 4.40. The molecular weight excluding hydrogens is 190 g/mol. The van der Waals surface area contributed by atoms with Crippen molar-refractivity contribution in [2.45, 2.75) is 37.1 Å². The van der Waals surface area contributed by atoms with E-state index in [-0.39, 0.29) is 6.04 Å². The van der Waals surface area contributed by atoms with E-state index < -0.39 is 0 Å². The van der Waals surface area contributed by atoms with Crippen LogP contribution in [0.2, 0.25) is 0 Å². The van der Waals surface area contributed by atoms with Gasteiger partial charge >= 0.3 is 0 Å². The summed E-state index contributed by atoms with van der Waals surface area (Å²) in [4.78, 5) is 1.30. The topological polar surface area (TPSA) is 26.0 Å². The lowest BCUT2D eigenvalue weighted by Gasteiger charge is -2.11. The smallest absolute Gasteiger partial charge is 0.0294 e. The highest BCUT2D eigenvalue weighted by Gasteiger charge is 2.04. The average molecular weight is 209 g/mol. The van der Waals surface area contributed by atoms with E-state index in [2.05, 4.69) is 37.4 Å². The van der Waals surface area contributed by atoms with Crippen LogP contribution in [0, 0.1) is 0 Å². The molecule has 0 aliphatic heterocycles. The Morgan fingerprint density at radius 1 is 1.29 bits per heavy atom. The van der Waals surface area contributed by atoms with Gasteiger partial charge < -0.3 is 5.73 Å². The Morgan fingerprint density at radius 2 is 1.93 bits per heavy atom. The van der Waals surface area contributed by atoms with Gasteiger partial charge in [0.15, 0.2) is 0 Å². The maximum absolute atomic E-state index is 6.07. The van der Waals surface area contributed by atoms with Crippen LogP contribution < -0.4 is 5.73 Å². The molecule has 2 N–H and O–H groups in total. The van der Waals surface area contributed by atoms with Crippen LogP contribution in [0.4, 0.5) is 0 Å². The molecule has 1 nitrogen and oxygen atoms in total. The molecule has 0 heterocycles. The summed E-state index contributed by atoms with van der Waals surface area (Å²) in [5, 5.41) is 0. The van der Waals surface area contributed by atoms with Gasteiger partial charge in [0.1, 0.15) is 0 Å². The second-order valence-electron chi connectivity index (χ2n) is 3.52. The minimum Gasteiger partial charge on any atom is -0.324 e. The first kappa shape index (κ1) is 11.6. The fourth-order valence-electron chi connectivity index (χ4n) is 1.44. The van der Waals surface area contributed by atoms with Gasteiger partial charge in [0.05, 0.1) is 0 Å². The second kappa shape index (κ2) is 6.10. The molecule has 0 unspecified atom stereocenters. The van der Waals surface area contributed by atoms with Gasteiger partial charge in [-0.3, -0.25) is 0 Å². The molecule has 0 aliphatic rings. The number of hydrogen-bond acceptors (Lipinski definition) is 2. The van der Waals surface area contributed by atoms with Gasteiger partial charge in [0.2, 0.25) is 0 Å². The third-order valence-corrected chi connectivity index (χ3v) is 3.16. The number of unbranched alkanes of at least 4 members (excludes halogenated alkanes) is 1. The molecular formula is C12H19NS. The first-order valence-electron chi connectivity index (χ1n) is 5.17. The van der Waals surface area contributed by atoms with E-state index in [1.165, 1.54) is 23.3 Å². The normalized spacial score (nSPS) is 12.8. The molecule has 1 rings (SSSR count). The molecule has 78 valence electrons. The SMILES string of the molecule is CCCC[C@@H](N)c1ccc(SC)cc1. The summed E-state index contributed by atoms with van der Waals surface area (Å²) in [5.74, 6) is 0. The lowest BCUT2D eigenvalue weighted by molar-refractivity contribution is 0.603. The van der Waals surface area contributed by atoms with Crippen LogP contribution >= 0.6 is 11.8 Å². The maximum Gasteiger partial charge on any atom is 0.0294 e. The largest absolute Gasteiger partial charge is 0.324 e. The van der Waals surface area contributed by atoms with Crippen molar-refractivity contribution >= 4 is 11.8 Å². The van der Waals surface area contributed by atoms with E-state index >= 15 is 0 Å². The summed E-state index contributed by atoms with van der Waals surface area (Å²) in [6, 6.07) is 8.79. The maximum atomic E-state index is 6.07. The molecule has 0 saturated heterocycles. The zero-order chi connectivity index (χ0) is 10.4. The van der Waals surface area contributed by atoms with Crippen molar-refractivity contribution < 1.29 is 0 Å². The van der Waals surface area contributed by atoms with Gasteiger partial charge in [0, 0.05) is 10.9 Å². The number of benzene rings is 1. The lowest BCUT2D eigenvalue weighted by atomic mass is 10.0. The lowest BCUT2D eigenvalue weighted by Crippen LogP contribution is -2.09. The summed E-state index contributed by atoms with van der Waals surface area (Å²) < 4.78 is 0. The van der Waals surface area contributed by atoms with Crippen molar-refractivity contribution in [2.75, 3.05) is 6.26 Å². The third kappa shape index (κ3) is 3.35. The van der Waals surface area contributed by atoms with Crippen LogP contribution in [0.15, 0.2) is 29.2 Å². The summed E-state index contributed by atoms with van der Waals surface area (Å²) in [6.45, 7) is 2.20. The van der Waals surface area contributed by atoms with Gasteiger partial charge in [0.25, 0.3) is 0 Å². The monoisotopic (exact) mass is 209 g/mol. The van der Waals surface area contributed by atoms with E-state index in [0.29, 0.717) is 0 Å². The number of hydrogen-bond donors (Lipinski definition) is 1. The molecule has 0 spiro atoms. The minimum absolute atomic E-state index is 0.214. The summed E-state index contributed by atoms with van der Waals surface area (Å²) in [7, 11) is 0. The fourth-order valence-corrected chi connectivity index (χ4v) is 1.85. The van der Waals surface area contributed by atoms with E-state index in [4.69, 9.17) is 5.73 Å². The van der Waals surface area contributed by atoms with E-state index in [9.17, 15) is 0 Å². The average Bonchev–Trinajstić information content (AvgIpc) is 2.26. The molecule has 14 heavy (non-hydrogen) atoms. The first-order valence-corrected chi connectivity index (χ1v) is 6.40. The molecule has 0 fully saturated rings. The summed E-state index contributed by atoms with van der Waals surface area (Å²) >= 11 is 1.77. The van der Waals surface area contributed by atoms with Crippen molar-refractivity contribution in [3.63, 3.8) is 0 Å². The van der Waals surface area contributed by atoms with Gasteiger partial charge in [-0.15, -0.1) is 11.8 Å². The van der Waals surface area contributed by atoms with E-state index in [1.54, 1.807) is 11.8 Å². The molecule has 0 amide bonds. The predicted octanol–water partition coefficient (Wildman–Crippen LogP) is 3.60. The van der Waals surface area contributed by atoms with Crippen molar-refractivity contribution in [3.8, 4) is 0 Å². The summed E-state index contributed by atoms with van der Waals surface area (Å²) in [6.07, 6.45) is 5.61. The number of thioether (sulfide) groups is 1. The quantitative estimate of drug-likeness (QED) is 0.750. The van der Waals surface area contributed by atoms with Gasteiger partial charge in [-0.1, -0.05) is 31.9 Å². The van der Waals surface area contributed by atoms with Crippen LogP contribution in [0.1, 0.15) is 37.8 Å². The zero-order valence-corrected chi connectivity index (χ0v) is 9.81. The molecule has 0 aromatic heterocycles. The standard InChI is InChI=1S/C12H19NS/c1-3-4-5-12(13)10-6-8-11(14-2)9-7-10/h6-9,12H,3-5,13H2,1-2H3/t12-/m1/s1.